The van der Waals surface area contributed by atoms with E-state index >= 15 is 0 Å². The van der Waals surface area contributed by atoms with Crippen LogP contribution in [0.15, 0.2) is 24.8 Å². The van der Waals surface area contributed by atoms with Gasteiger partial charge in [-0.15, -0.1) is 0 Å². The minimum Gasteiger partial charge on any atom is -0.495 e. The number of ether oxygens (including phenoxy) is 2. The van der Waals surface area contributed by atoms with Crippen LogP contribution in [0, 0.1) is 0 Å². The number of rotatable bonds is 6. The van der Waals surface area contributed by atoms with E-state index < -0.39 is 0 Å². The molecule has 2 rings (SSSR count). The molecule has 2 heterocycles. The topological polar surface area (TPSA) is 69.2 Å². The van der Waals surface area contributed by atoms with Gasteiger partial charge in [-0.1, -0.05) is 6.92 Å². The van der Waals surface area contributed by atoms with E-state index in [1.165, 1.54) is 6.33 Å². The minimum atomic E-state index is 0.607. The normalized spacial score (nSPS) is 10.2. The molecule has 0 bridgehead atoms. The van der Waals surface area contributed by atoms with Gasteiger partial charge in [-0.25, -0.2) is 9.97 Å². The van der Waals surface area contributed by atoms with Crippen LogP contribution >= 0.6 is 0 Å². The van der Waals surface area contributed by atoms with Crippen molar-refractivity contribution in [1.29, 1.82) is 0 Å². The minimum absolute atomic E-state index is 0.607. The van der Waals surface area contributed by atoms with Crippen LogP contribution in [0.2, 0.25) is 0 Å². The highest BCUT2D eigenvalue weighted by Gasteiger charge is 2.14. The van der Waals surface area contributed by atoms with Gasteiger partial charge in [-0.05, 0) is 12.5 Å². The lowest BCUT2D eigenvalue weighted by molar-refractivity contribution is 0.411. The molecule has 0 saturated heterocycles. The fraction of sp³-hybridized carbons (Fsp3) is 0.357. The van der Waals surface area contributed by atoms with Crippen molar-refractivity contribution >= 4 is 5.82 Å². The van der Waals surface area contributed by atoms with Crippen LogP contribution in [0.5, 0.6) is 11.5 Å². The number of pyridine rings is 1. The first kappa shape index (κ1) is 14.0. The second-order valence-electron chi connectivity index (χ2n) is 4.14. The summed E-state index contributed by atoms with van der Waals surface area (Å²) in [6.45, 7) is 2.91. The summed E-state index contributed by atoms with van der Waals surface area (Å²) in [7, 11) is 3.21. The molecule has 0 aliphatic heterocycles. The van der Waals surface area contributed by atoms with Crippen molar-refractivity contribution in [2.75, 3.05) is 26.1 Å². The van der Waals surface area contributed by atoms with E-state index in [1.54, 1.807) is 26.6 Å². The highest BCUT2D eigenvalue weighted by molar-refractivity contribution is 5.72. The maximum Gasteiger partial charge on any atom is 0.187 e. The molecule has 0 spiro atoms. The van der Waals surface area contributed by atoms with Gasteiger partial charge in [0.1, 0.15) is 17.8 Å². The predicted octanol–water partition coefficient (Wildman–Crippen LogP) is 2.38. The number of anilines is 1. The number of methoxy groups -OCH3 is 2. The van der Waals surface area contributed by atoms with Crippen LogP contribution in [0.1, 0.15) is 13.3 Å². The van der Waals surface area contributed by atoms with Crippen molar-refractivity contribution in [3.63, 3.8) is 0 Å². The molecular formula is C14H18N4O2. The molecular weight excluding hydrogens is 256 g/mol. The maximum absolute atomic E-state index is 5.45. The van der Waals surface area contributed by atoms with Gasteiger partial charge in [-0.2, -0.15) is 0 Å². The van der Waals surface area contributed by atoms with Crippen LogP contribution in [-0.4, -0.2) is 35.7 Å². The Bertz CT molecular complexity index is 575. The van der Waals surface area contributed by atoms with E-state index in [4.69, 9.17) is 9.47 Å². The number of hydrogen-bond acceptors (Lipinski definition) is 6. The molecule has 6 nitrogen and oxygen atoms in total. The number of nitrogens with zero attached hydrogens (tertiary/aromatic N) is 3. The fourth-order valence-corrected chi connectivity index (χ4v) is 1.80. The molecule has 20 heavy (non-hydrogen) atoms. The Hall–Kier alpha value is -2.37. The first-order valence-corrected chi connectivity index (χ1v) is 6.42. The average molecular weight is 274 g/mol. The molecule has 0 fully saturated rings. The van der Waals surface area contributed by atoms with Gasteiger partial charge in [0.15, 0.2) is 11.6 Å². The number of hydrogen-bond donors (Lipinski definition) is 1. The summed E-state index contributed by atoms with van der Waals surface area (Å²) >= 11 is 0. The maximum atomic E-state index is 5.45. The van der Waals surface area contributed by atoms with E-state index in [1.807, 2.05) is 6.07 Å². The highest BCUT2D eigenvalue weighted by atomic mass is 16.5. The molecule has 1 N–H and O–H groups in total. The zero-order valence-electron chi connectivity index (χ0n) is 11.9. The zero-order chi connectivity index (χ0) is 14.4. The van der Waals surface area contributed by atoms with Gasteiger partial charge in [0.2, 0.25) is 0 Å². The molecule has 6 heteroatoms. The first-order valence-electron chi connectivity index (χ1n) is 6.42. The highest BCUT2D eigenvalue weighted by Crippen LogP contribution is 2.33. The largest absolute Gasteiger partial charge is 0.495 e. The summed E-state index contributed by atoms with van der Waals surface area (Å²) in [6.07, 6.45) is 5.88. The van der Waals surface area contributed by atoms with E-state index in [0.29, 0.717) is 23.0 Å². The van der Waals surface area contributed by atoms with Crippen LogP contribution in [-0.2, 0) is 0 Å². The lowest BCUT2D eigenvalue weighted by atomic mass is 10.2. The molecule has 0 atom stereocenters. The van der Waals surface area contributed by atoms with Crippen molar-refractivity contribution < 1.29 is 9.47 Å². The van der Waals surface area contributed by atoms with E-state index in [9.17, 15) is 0 Å². The van der Waals surface area contributed by atoms with Gasteiger partial charge >= 0.3 is 0 Å². The Morgan fingerprint density at radius 3 is 2.70 bits per heavy atom. The van der Waals surface area contributed by atoms with Gasteiger partial charge in [-0.3, -0.25) is 4.98 Å². The van der Waals surface area contributed by atoms with Crippen molar-refractivity contribution in [1.82, 2.24) is 15.0 Å². The Morgan fingerprint density at radius 1 is 1.15 bits per heavy atom. The zero-order valence-corrected chi connectivity index (χ0v) is 11.9. The SMILES string of the molecule is CCCNc1ncnc(-c2cncc(OC)c2)c1OC. The Kier molecular flexibility index (Phi) is 4.70. The molecule has 0 aromatic carbocycles. The predicted molar refractivity (Wildman–Crippen MR) is 77.1 cm³/mol. The first-order chi connectivity index (χ1) is 9.80. The summed E-state index contributed by atoms with van der Waals surface area (Å²) in [5.41, 5.74) is 1.51. The Morgan fingerprint density at radius 2 is 2.00 bits per heavy atom. The van der Waals surface area contributed by atoms with Crippen LogP contribution < -0.4 is 14.8 Å². The average Bonchev–Trinajstić information content (AvgIpc) is 2.52. The third-order valence-electron chi connectivity index (χ3n) is 2.77. The Labute approximate surface area is 118 Å². The summed E-state index contributed by atoms with van der Waals surface area (Å²) in [5.74, 6) is 1.96. The van der Waals surface area contributed by atoms with Crippen molar-refractivity contribution in [3.8, 4) is 22.8 Å². The van der Waals surface area contributed by atoms with Crippen LogP contribution in [0.25, 0.3) is 11.3 Å². The van der Waals surface area contributed by atoms with Crippen molar-refractivity contribution in [2.24, 2.45) is 0 Å². The molecule has 0 saturated carbocycles. The van der Waals surface area contributed by atoms with Gasteiger partial charge in [0, 0.05) is 18.3 Å². The smallest absolute Gasteiger partial charge is 0.187 e. The fourth-order valence-electron chi connectivity index (χ4n) is 1.80. The molecule has 0 unspecified atom stereocenters. The monoisotopic (exact) mass is 274 g/mol. The number of nitrogens with one attached hydrogen (secondary N) is 1. The molecule has 2 aromatic heterocycles. The van der Waals surface area contributed by atoms with Crippen molar-refractivity contribution in [3.05, 3.63) is 24.8 Å². The molecule has 0 aliphatic carbocycles. The van der Waals surface area contributed by atoms with Gasteiger partial charge in [0.25, 0.3) is 0 Å². The third-order valence-corrected chi connectivity index (χ3v) is 2.77. The second-order valence-corrected chi connectivity index (χ2v) is 4.14. The van der Waals surface area contributed by atoms with E-state index in [0.717, 1.165) is 18.5 Å². The molecule has 2 aromatic rings. The lowest BCUT2D eigenvalue weighted by Crippen LogP contribution is -2.06. The van der Waals surface area contributed by atoms with Crippen molar-refractivity contribution in [2.45, 2.75) is 13.3 Å². The van der Waals surface area contributed by atoms with Gasteiger partial charge < -0.3 is 14.8 Å². The molecule has 106 valence electrons. The molecule has 0 amide bonds. The third kappa shape index (κ3) is 2.96. The Balaban J connectivity index is 2.44. The van der Waals surface area contributed by atoms with Crippen LogP contribution in [0.4, 0.5) is 5.82 Å². The van der Waals surface area contributed by atoms with E-state index in [2.05, 4.69) is 27.2 Å². The van der Waals surface area contributed by atoms with Gasteiger partial charge in [0.05, 0.1) is 20.4 Å². The summed E-state index contributed by atoms with van der Waals surface area (Å²) in [4.78, 5) is 12.6. The van der Waals surface area contributed by atoms with Crippen LogP contribution in [0.3, 0.4) is 0 Å². The molecule has 0 radical (unpaired) electrons. The summed E-state index contributed by atoms with van der Waals surface area (Å²) in [5, 5.41) is 3.22. The quantitative estimate of drug-likeness (QED) is 0.872. The standard InChI is InChI=1S/C14H18N4O2/c1-4-5-16-14-13(20-3)12(17-9-18-14)10-6-11(19-2)8-15-7-10/h6-9H,4-5H2,1-3H3,(H,16,17,18). The second kappa shape index (κ2) is 6.70. The van der Waals surface area contributed by atoms with E-state index in [-0.39, 0.29) is 0 Å². The summed E-state index contributed by atoms with van der Waals surface area (Å²) in [6, 6.07) is 1.86. The lowest BCUT2D eigenvalue weighted by Gasteiger charge is -2.13. The summed E-state index contributed by atoms with van der Waals surface area (Å²) < 4.78 is 10.6. The molecule has 0 aliphatic rings. The number of aromatic nitrogens is 3.